The molecule has 2 nitrogen and oxygen atoms in total. The van der Waals surface area contributed by atoms with Gasteiger partial charge in [-0.3, -0.25) is 0 Å². The van der Waals surface area contributed by atoms with E-state index in [1.165, 1.54) is 5.57 Å². The number of hydrogen-bond acceptors (Lipinski definition) is 2. The van der Waals surface area contributed by atoms with Crippen molar-refractivity contribution in [2.24, 2.45) is 0 Å². The Morgan fingerprint density at radius 1 is 0.900 bits per heavy atom. The standard InChI is InChI=1S/C12H24N2.3C2H6/c1-5-7-12(6-2)10-13-8-9-14-11(3)4;3*1-2/h5-7,11,13-14H,8-10H2,1-4H3;3*1-2H3/b7-5-,12-6+;;;. The third-order valence-corrected chi connectivity index (χ3v) is 1.94. The Balaban J connectivity index is -0.000000187. The lowest BCUT2D eigenvalue weighted by atomic mass is 10.2. The number of rotatable bonds is 7. The van der Waals surface area contributed by atoms with Crippen LogP contribution in [-0.4, -0.2) is 25.7 Å². The van der Waals surface area contributed by atoms with E-state index in [1.54, 1.807) is 0 Å². The Hall–Kier alpha value is -0.600. The van der Waals surface area contributed by atoms with Gasteiger partial charge in [0, 0.05) is 25.7 Å². The van der Waals surface area contributed by atoms with Gasteiger partial charge in [-0.25, -0.2) is 0 Å². The highest BCUT2D eigenvalue weighted by atomic mass is 15.0. The molecule has 20 heavy (non-hydrogen) atoms. The molecule has 124 valence electrons. The number of hydrogen-bond donors (Lipinski definition) is 2. The maximum atomic E-state index is 3.39. The molecule has 0 aliphatic carbocycles. The van der Waals surface area contributed by atoms with Crippen LogP contribution in [0.2, 0.25) is 0 Å². The van der Waals surface area contributed by atoms with Crippen molar-refractivity contribution < 1.29 is 0 Å². The topological polar surface area (TPSA) is 24.1 Å². The van der Waals surface area contributed by atoms with Crippen LogP contribution in [-0.2, 0) is 0 Å². The van der Waals surface area contributed by atoms with Gasteiger partial charge in [-0.2, -0.15) is 0 Å². The summed E-state index contributed by atoms with van der Waals surface area (Å²) in [5.41, 5.74) is 1.34. The lowest BCUT2D eigenvalue weighted by Gasteiger charge is -2.09. The maximum absolute atomic E-state index is 3.39. The summed E-state index contributed by atoms with van der Waals surface area (Å²) in [6, 6.07) is 0.577. The highest BCUT2D eigenvalue weighted by molar-refractivity contribution is 5.18. The normalized spacial score (nSPS) is 10.1. The molecule has 2 N–H and O–H groups in total. The van der Waals surface area contributed by atoms with E-state index in [4.69, 9.17) is 0 Å². The lowest BCUT2D eigenvalue weighted by molar-refractivity contribution is 0.566. The van der Waals surface area contributed by atoms with Crippen LogP contribution in [0.1, 0.15) is 69.2 Å². The molecule has 0 amide bonds. The molecule has 0 aromatic rings. The Kier molecular flexibility index (Phi) is 43.0. The zero-order chi connectivity index (χ0) is 16.8. The van der Waals surface area contributed by atoms with Gasteiger partial charge in [-0.15, -0.1) is 0 Å². The zero-order valence-corrected chi connectivity index (χ0v) is 15.9. The molecule has 0 spiro atoms. The Morgan fingerprint density at radius 2 is 1.40 bits per heavy atom. The molecular formula is C18H42N2. The average molecular weight is 287 g/mol. The zero-order valence-electron chi connectivity index (χ0n) is 15.9. The summed E-state index contributed by atoms with van der Waals surface area (Å²) in [7, 11) is 0. The third kappa shape index (κ3) is 30.4. The first-order valence-electron chi connectivity index (χ1n) is 8.42. The SMILES string of the molecule is C/C=C\C(=C/C)CNCCNC(C)C.CC.CC.CC. The second kappa shape index (κ2) is 31.0. The summed E-state index contributed by atoms with van der Waals surface area (Å²) >= 11 is 0. The van der Waals surface area contributed by atoms with Crippen molar-refractivity contribution in [3.05, 3.63) is 23.8 Å². The van der Waals surface area contributed by atoms with Crippen LogP contribution in [0.25, 0.3) is 0 Å². The van der Waals surface area contributed by atoms with Crippen LogP contribution < -0.4 is 10.6 Å². The molecule has 0 saturated heterocycles. The molecule has 0 rings (SSSR count). The summed E-state index contributed by atoms with van der Waals surface area (Å²) in [6.45, 7) is 23.5. The first kappa shape index (κ1) is 27.7. The van der Waals surface area contributed by atoms with Crippen molar-refractivity contribution in [2.45, 2.75) is 75.3 Å². The molecule has 0 bridgehead atoms. The van der Waals surface area contributed by atoms with E-state index in [9.17, 15) is 0 Å². The summed E-state index contributed by atoms with van der Waals surface area (Å²) in [5, 5.41) is 6.76. The van der Waals surface area contributed by atoms with E-state index in [2.05, 4.69) is 49.6 Å². The van der Waals surface area contributed by atoms with Crippen LogP contribution in [0, 0.1) is 0 Å². The molecule has 0 heterocycles. The van der Waals surface area contributed by atoms with Crippen molar-refractivity contribution in [1.82, 2.24) is 10.6 Å². The van der Waals surface area contributed by atoms with Gasteiger partial charge in [0.15, 0.2) is 0 Å². The third-order valence-electron chi connectivity index (χ3n) is 1.94. The molecule has 0 aromatic heterocycles. The molecule has 2 heteroatoms. The minimum Gasteiger partial charge on any atom is -0.313 e. The predicted octanol–water partition coefficient (Wildman–Crippen LogP) is 5.18. The average Bonchev–Trinajstić information content (AvgIpc) is 2.51. The van der Waals surface area contributed by atoms with Crippen LogP contribution in [0.3, 0.4) is 0 Å². The van der Waals surface area contributed by atoms with Gasteiger partial charge in [0.1, 0.15) is 0 Å². The second-order valence-corrected chi connectivity index (χ2v) is 3.65. The van der Waals surface area contributed by atoms with E-state index >= 15 is 0 Å². The maximum Gasteiger partial charge on any atom is 0.0202 e. The van der Waals surface area contributed by atoms with Gasteiger partial charge < -0.3 is 10.6 Å². The van der Waals surface area contributed by atoms with Gasteiger partial charge >= 0.3 is 0 Å². The Morgan fingerprint density at radius 3 is 1.75 bits per heavy atom. The molecular weight excluding hydrogens is 244 g/mol. The van der Waals surface area contributed by atoms with E-state index in [0.29, 0.717) is 6.04 Å². The van der Waals surface area contributed by atoms with E-state index in [0.717, 1.165) is 19.6 Å². The van der Waals surface area contributed by atoms with Gasteiger partial charge in [0.25, 0.3) is 0 Å². The molecule has 0 atom stereocenters. The monoisotopic (exact) mass is 286 g/mol. The summed E-state index contributed by atoms with van der Waals surface area (Å²) in [5.74, 6) is 0. The first-order chi connectivity index (χ1) is 9.70. The quantitative estimate of drug-likeness (QED) is 0.498. The van der Waals surface area contributed by atoms with E-state index < -0.39 is 0 Å². The predicted molar refractivity (Wildman–Crippen MR) is 98.6 cm³/mol. The summed E-state index contributed by atoms with van der Waals surface area (Å²) in [4.78, 5) is 0. The van der Waals surface area contributed by atoms with Crippen molar-refractivity contribution in [3.8, 4) is 0 Å². The van der Waals surface area contributed by atoms with Crippen molar-refractivity contribution in [3.63, 3.8) is 0 Å². The Bertz CT molecular complexity index is 182. The molecule has 0 fully saturated rings. The van der Waals surface area contributed by atoms with Crippen LogP contribution in [0.4, 0.5) is 0 Å². The lowest BCUT2D eigenvalue weighted by Crippen LogP contribution is -2.32. The highest BCUT2D eigenvalue weighted by Crippen LogP contribution is 1.93. The molecule has 0 aromatic carbocycles. The second-order valence-electron chi connectivity index (χ2n) is 3.65. The van der Waals surface area contributed by atoms with Gasteiger partial charge in [-0.05, 0) is 19.4 Å². The minimum absolute atomic E-state index is 0.577. The van der Waals surface area contributed by atoms with Gasteiger partial charge in [0.2, 0.25) is 0 Å². The van der Waals surface area contributed by atoms with Crippen LogP contribution >= 0.6 is 0 Å². The van der Waals surface area contributed by atoms with Crippen LogP contribution in [0.5, 0.6) is 0 Å². The summed E-state index contributed by atoms with van der Waals surface area (Å²) in [6.07, 6.45) is 6.36. The minimum atomic E-state index is 0.577. The smallest absolute Gasteiger partial charge is 0.0202 e. The van der Waals surface area contributed by atoms with Gasteiger partial charge in [0.05, 0.1) is 0 Å². The first-order valence-corrected chi connectivity index (χ1v) is 8.42. The van der Waals surface area contributed by atoms with Crippen molar-refractivity contribution >= 4 is 0 Å². The number of nitrogens with one attached hydrogen (secondary N) is 2. The van der Waals surface area contributed by atoms with Crippen LogP contribution in [0.15, 0.2) is 23.8 Å². The Labute approximate surface area is 130 Å². The molecule has 0 aliphatic rings. The fourth-order valence-corrected chi connectivity index (χ4v) is 1.15. The number of allylic oxidation sites excluding steroid dienone is 2. The fourth-order valence-electron chi connectivity index (χ4n) is 1.15. The molecule has 0 aliphatic heterocycles. The molecule has 0 radical (unpaired) electrons. The largest absolute Gasteiger partial charge is 0.313 e. The fraction of sp³-hybridized carbons (Fsp3) is 0.778. The van der Waals surface area contributed by atoms with Crippen molar-refractivity contribution in [2.75, 3.05) is 19.6 Å². The molecule has 0 unspecified atom stereocenters. The van der Waals surface area contributed by atoms with E-state index in [-0.39, 0.29) is 0 Å². The molecule has 0 saturated carbocycles. The summed E-state index contributed by atoms with van der Waals surface area (Å²) < 4.78 is 0. The van der Waals surface area contributed by atoms with E-state index in [1.807, 2.05) is 48.5 Å². The highest BCUT2D eigenvalue weighted by Gasteiger charge is 1.92. The van der Waals surface area contributed by atoms with Gasteiger partial charge in [-0.1, -0.05) is 73.6 Å². The van der Waals surface area contributed by atoms with Crippen molar-refractivity contribution in [1.29, 1.82) is 0 Å².